The van der Waals surface area contributed by atoms with Crippen LogP contribution in [0.1, 0.15) is 11.1 Å². The molecule has 2 aromatic rings. The molecule has 0 spiro atoms. The van der Waals surface area contributed by atoms with Crippen molar-refractivity contribution in [2.24, 2.45) is 0 Å². The van der Waals surface area contributed by atoms with Gasteiger partial charge in [-0.15, -0.1) is 0 Å². The number of anilines is 3. The number of rotatable bonds is 2. The summed E-state index contributed by atoms with van der Waals surface area (Å²) in [5.74, 6) is -1.15. The molecule has 0 aliphatic heterocycles. The van der Waals surface area contributed by atoms with Crippen molar-refractivity contribution in [3.8, 4) is 6.07 Å². The summed E-state index contributed by atoms with van der Waals surface area (Å²) < 4.78 is 51.0. The molecular weight excluding hydrogens is 288 g/mol. The molecule has 0 aliphatic rings. The lowest BCUT2D eigenvalue weighted by molar-refractivity contribution is -0.137. The predicted octanol–water partition coefficient (Wildman–Crippen LogP) is 3.44. The molecule has 0 saturated carbocycles. The zero-order valence-electron chi connectivity index (χ0n) is 10.4. The van der Waals surface area contributed by atoms with E-state index in [0.717, 1.165) is 18.2 Å². The summed E-state index contributed by atoms with van der Waals surface area (Å²) in [6, 6.07) is 6.43. The minimum Gasteiger partial charge on any atom is -0.384 e. The second-order valence-corrected chi connectivity index (χ2v) is 4.09. The van der Waals surface area contributed by atoms with Gasteiger partial charge in [-0.3, -0.25) is 0 Å². The number of nitrogens with two attached hydrogens (primary N) is 1. The van der Waals surface area contributed by atoms with Gasteiger partial charge >= 0.3 is 6.18 Å². The summed E-state index contributed by atoms with van der Waals surface area (Å²) in [5, 5.41) is 11.4. The molecule has 0 radical (unpaired) electrons. The van der Waals surface area contributed by atoms with E-state index in [4.69, 9.17) is 11.0 Å². The molecule has 0 atom stereocenters. The topological polar surface area (TPSA) is 74.7 Å². The fourth-order valence-corrected chi connectivity index (χ4v) is 1.64. The Hall–Kier alpha value is -2.82. The van der Waals surface area contributed by atoms with Crippen molar-refractivity contribution in [3.63, 3.8) is 0 Å². The van der Waals surface area contributed by atoms with Crippen LogP contribution in [0.4, 0.5) is 34.9 Å². The predicted molar refractivity (Wildman–Crippen MR) is 68.0 cm³/mol. The first-order valence-electron chi connectivity index (χ1n) is 5.61. The van der Waals surface area contributed by atoms with Crippen molar-refractivity contribution in [1.29, 1.82) is 5.26 Å². The normalized spacial score (nSPS) is 11.0. The van der Waals surface area contributed by atoms with Crippen LogP contribution in [0, 0.1) is 17.1 Å². The smallest absolute Gasteiger partial charge is 0.384 e. The molecule has 3 N–H and O–H groups in total. The Bertz CT molecular complexity index is 719. The van der Waals surface area contributed by atoms with Crippen LogP contribution in [0.15, 0.2) is 30.3 Å². The molecule has 1 aromatic heterocycles. The molecule has 108 valence electrons. The molecule has 8 heteroatoms. The van der Waals surface area contributed by atoms with Crippen LogP contribution in [0.5, 0.6) is 0 Å². The molecule has 0 unspecified atom stereocenters. The summed E-state index contributed by atoms with van der Waals surface area (Å²) in [6.45, 7) is 0. The summed E-state index contributed by atoms with van der Waals surface area (Å²) in [5.41, 5.74) is 4.42. The number of hydrogen-bond acceptors (Lipinski definition) is 4. The number of nitrogens with one attached hydrogen (secondary N) is 1. The lowest BCUT2D eigenvalue weighted by Gasteiger charge is -2.12. The highest BCUT2D eigenvalue weighted by Gasteiger charge is 2.31. The van der Waals surface area contributed by atoms with Gasteiger partial charge in [0, 0.05) is 0 Å². The number of pyridine rings is 1. The molecule has 21 heavy (non-hydrogen) atoms. The van der Waals surface area contributed by atoms with E-state index in [1.54, 1.807) is 6.07 Å². The lowest BCUT2D eigenvalue weighted by atomic mass is 10.2. The summed E-state index contributed by atoms with van der Waals surface area (Å²) >= 11 is 0. The Morgan fingerprint density at radius 2 is 1.90 bits per heavy atom. The Kier molecular flexibility index (Phi) is 3.67. The van der Waals surface area contributed by atoms with Gasteiger partial charge in [-0.2, -0.15) is 18.4 Å². The minimum atomic E-state index is -4.58. The van der Waals surface area contributed by atoms with Crippen molar-refractivity contribution in [2.75, 3.05) is 11.1 Å². The Morgan fingerprint density at radius 3 is 2.52 bits per heavy atom. The van der Waals surface area contributed by atoms with Crippen LogP contribution >= 0.6 is 0 Å². The lowest BCUT2D eigenvalue weighted by Crippen LogP contribution is -2.08. The number of aromatic nitrogens is 1. The van der Waals surface area contributed by atoms with E-state index in [2.05, 4.69) is 10.3 Å². The molecule has 2 rings (SSSR count). The number of hydrogen-bond donors (Lipinski definition) is 2. The van der Waals surface area contributed by atoms with Crippen LogP contribution in [-0.2, 0) is 6.18 Å². The zero-order chi connectivity index (χ0) is 15.6. The average Bonchev–Trinajstić information content (AvgIpc) is 2.39. The number of alkyl halides is 3. The van der Waals surface area contributed by atoms with E-state index in [1.807, 2.05) is 0 Å². The van der Waals surface area contributed by atoms with Crippen molar-refractivity contribution >= 4 is 17.3 Å². The molecule has 0 bridgehead atoms. The van der Waals surface area contributed by atoms with E-state index in [0.29, 0.717) is 6.07 Å². The standard InChI is InChI=1S/C13H8F4N4/c14-9-1-2-10(7(3-9)6-18)20-12-5-8(13(15,16)17)4-11(19)21-12/h1-5H,(H3,19,20,21). The highest BCUT2D eigenvalue weighted by molar-refractivity contribution is 5.65. The van der Waals surface area contributed by atoms with Gasteiger partial charge in [0.2, 0.25) is 0 Å². The average molecular weight is 296 g/mol. The molecule has 1 heterocycles. The monoisotopic (exact) mass is 296 g/mol. The van der Waals surface area contributed by atoms with E-state index in [9.17, 15) is 17.6 Å². The number of nitrogens with zero attached hydrogens (tertiary/aromatic N) is 2. The summed E-state index contributed by atoms with van der Waals surface area (Å²) in [7, 11) is 0. The molecule has 0 saturated heterocycles. The van der Waals surface area contributed by atoms with Crippen molar-refractivity contribution in [1.82, 2.24) is 4.98 Å². The SMILES string of the molecule is N#Cc1cc(F)ccc1Nc1cc(C(F)(F)F)cc(N)n1. The highest BCUT2D eigenvalue weighted by Crippen LogP contribution is 2.32. The van der Waals surface area contributed by atoms with Crippen LogP contribution in [0.3, 0.4) is 0 Å². The molecular formula is C13H8F4N4. The molecule has 4 nitrogen and oxygen atoms in total. The largest absolute Gasteiger partial charge is 0.416 e. The number of benzene rings is 1. The van der Waals surface area contributed by atoms with Crippen LogP contribution in [-0.4, -0.2) is 4.98 Å². The molecule has 0 fully saturated rings. The maximum absolute atomic E-state index is 13.0. The Labute approximate surface area is 116 Å². The van der Waals surface area contributed by atoms with E-state index in [-0.39, 0.29) is 22.9 Å². The van der Waals surface area contributed by atoms with Crippen LogP contribution in [0.25, 0.3) is 0 Å². The van der Waals surface area contributed by atoms with E-state index < -0.39 is 17.6 Å². The van der Waals surface area contributed by atoms with Gasteiger partial charge in [0.05, 0.1) is 16.8 Å². The first kappa shape index (κ1) is 14.6. The second-order valence-electron chi connectivity index (χ2n) is 4.09. The fourth-order valence-electron chi connectivity index (χ4n) is 1.64. The third kappa shape index (κ3) is 3.39. The van der Waals surface area contributed by atoms with Gasteiger partial charge < -0.3 is 11.1 Å². The summed E-state index contributed by atoms with van der Waals surface area (Å²) in [4.78, 5) is 3.70. The Balaban J connectivity index is 2.41. The maximum atomic E-state index is 13.0. The third-order valence-electron chi connectivity index (χ3n) is 2.54. The highest BCUT2D eigenvalue weighted by atomic mass is 19.4. The first-order chi connectivity index (χ1) is 9.79. The van der Waals surface area contributed by atoms with Gasteiger partial charge in [-0.25, -0.2) is 9.37 Å². The van der Waals surface area contributed by atoms with E-state index >= 15 is 0 Å². The number of nitrogen functional groups attached to an aromatic ring is 1. The van der Waals surface area contributed by atoms with E-state index in [1.165, 1.54) is 6.07 Å². The molecule has 0 aliphatic carbocycles. The third-order valence-corrected chi connectivity index (χ3v) is 2.54. The number of nitriles is 1. The van der Waals surface area contributed by atoms with Gasteiger partial charge in [0.25, 0.3) is 0 Å². The second kappa shape index (κ2) is 5.28. The van der Waals surface area contributed by atoms with Gasteiger partial charge in [0.1, 0.15) is 23.5 Å². The summed E-state index contributed by atoms with van der Waals surface area (Å²) in [6.07, 6.45) is -4.58. The van der Waals surface area contributed by atoms with Gasteiger partial charge in [-0.05, 0) is 30.3 Å². The fraction of sp³-hybridized carbons (Fsp3) is 0.0769. The van der Waals surface area contributed by atoms with Gasteiger partial charge in [0.15, 0.2) is 0 Å². The molecule has 1 aromatic carbocycles. The van der Waals surface area contributed by atoms with Crippen LogP contribution < -0.4 is 11.1 Å². The van der Waals surface area contributed by atoms with Crippen molar-refractivity contribution in [3.05, 3.63) is 47.3 Å². The zero-order valence-corrected chi connectivity index (χ0v) is 10.4. The van der Waals surface area contributed by atoms with Crippen molar-refractivity contribution < 1.29 is 17.6 Å². The first-order valence-corrected chi connectivity index (χ1v) is 5.61. The van der Waals surface area contributed by atoms with Crippen LogP contribution in [0.2, 0.25) is 0 Å². The quantitative estimate of drug-likeness (QED) is 0.832. The number of halogens is 4. The van der Waals surface area contributed by atoms with Crippen molar-refractivity contribution in [2.45, 2.75) is 6.18 Å². The molecule has 0 amide bonds. The maximum Gasteiger partial charge on any atom is 0.416 e. The minimum absolute atomic E-state index is 0.0622. The Morgan fingerprint density at radius 1 is 1.19 bits per heavy atom. The van der Waals surface area contributed by atoms with Gasteiger partial charge in [-0.1, -0.05) is 0 Å².